The summed E-state index contributed by atoms with van der Waals surface area (Å²) in [5, 5.41) is 11.0. The molecule has 1 aliphatic rings. The molecule has 1 fully saturated rings. The van der Waals surface area contributed by atoms with Crippen molar-refractivity contribution in [2.75, 3.05) is 31.6 Å². The van der Waals surface area contributed by atoms with Crippen LogP contribution in [0.3, 0.4) is 0 Å². The van der Waals surface area contributed by atoms with Gasteiger partial charge in [-0.05, 0) is 37.3 Å². The molecular weight excluding hydrogens is 358 g/mol. The van der Waals surface area contributed by atoms with E-state index in [9.17, 15) is 9.59 Å². The highest BCUT2D eigenvalue weighted by atomic mass is 16.5. The number of carbonyl (C=O) groups is 2. The number of anilines is 1. The molecule has 0 atom stereocenters. The van der Waals surface area contributed by atoms with Crippen molar-refractivity contribution in [1.82, 2.24) is 19.9 Å². The minimum Gasteiger partial charge on any atom is -0.378 e. The minimum absolute atomic E-state index is 0.111. The second kappa shape index (κ2) is 7.77. The average molecular weight is 379 g/mol. The lowest BCUT2D eigenvalue weighted by molar-refractivity contribution is 0.0303. The monoisotopic (exact) mass is 379 g/mol. The molecule has 0 radical (unpaired) electrons. The van der Waals surface area contributed by atoms with Crippen LogP contribution in [-0.2, 0) is 11.3 Å². The zero-order valence-corrected chi connectivity index (χ0v) is 15.6. The Balaban J connectivity index is 1.57. The molecule has 0 unspecified atom stereocenters. The second-order valence-electron chi connectivity index (χ2n) is 6.51. The Morgan fingerprint density at radius 3 is 2.71 bits per heavy atom. The smallest absolute Gasteiger partial charge is 0.256 e. The third kappa shape index (κ3) is 3.46. The van der Waals surface area contributed by atoms with Crippen molar-refractivity contribution < 1.29 is 14.3 Å². The number of aryl methyl sites for hydroxylation is 1. The van der Waals surface area contributed by atoms with Crippen LogP contribution < -0.4 is 5.32 Å². The maximum absolute atomic E-state index is 12.8. The largest absolute Gasteiger partial charge is 0.378 e. The van der Waals surface area contributed by atoms with Gasteiger partial charge in [0.1, 0.15) is 5.52 Å². The highest BCUT2D eigenvalue weighted by Crippen LogP contribution is 2.20. The summed E-state index contributed by atoms with van der Waals surface area (Å²) in [6.45, 7) is 4.84. The van der Waals surface area contributed by atoms with Gasteiger partial charge in [0.2, 0.25) is 0 Å². The van der Waals surface area contributed by atoms with Crippen molar-refractivity contribution in [3.05, 3.63) is 53.6 Å². The van der Waals surface area contributed by atoms with Crippen molar-refractivity contribution >= 4 is 28.5 Å². The summed E-state index contributed by atoms with van der Waals surface area (Å²) >= 11 is 0. The number of rotatable bonds is 4. The van der Waals surface area contributed by atoms with Gasteiger partial charge in [-0.3, -0.25) is 9.59 Å². The summed E-state index contributed by atoms with van der Waals surface area (Å²) in [6.07, 6.45) is 0. The van der Waals surface area contributed by atoms with Crippen molar-refractivity contribution in [1.29, 1.82) is 0 Å². The molecule has 4 rings (SSSR count). The molecule has 2 heterocycles. The fraction of sp³-hybridized carbons (Fsp3) is 0.300. The van der Waals surface area contributed by atoms with Gasteiger partial charge in [-0.2, -0.15) is 0 Å². The van der Waals surface area contributed by atoms with Crippen LogP contribution >= 0.6 is 0 Å². The fourth-order valence-electron chi connectivity index (χ4n) is 3.26. The summed E-state index contributed by atoms with van der Waals surface area (Å²) in [6, 6.07) is 12.3. The van der Waals surface area contributed by atoms with Crippen LogP contribution in [0.5, 0.6) is 0 Å². The summed E-state index contributed by atoms with van der Waals surface area (Å²) < 4.78 is 7.08. The van der Waals surface area contributed by atoms with Crippen LogP contribution in [0.2, 0.25) is 0 Å². The highest BCUT2D eigenvalue weighted by Gasteiger charge is 2.22. The van der Waals surface area contributed by atoms with Gasteiger partial charge in [0.05, 0.1) is 30.0 Å². The van der Waals surface area contributed by atoms with E-state index in [1.165, 1.54) is 0 Å². The van der Waals surface area contributed by atoms with E-state index in [2.05, 4.69) is 15.6 Å². The molecule has 1 aromatic heterocycles. The first-order valence-electron chi connectivity index (χ1n) is 9.28. The number of aromatic nitrogens is 3. The molecule has 1 N–H and O–H groups in total. The first-order valence-corrected chi connectivity index (χ1v) is 9.28. The van der Waals surface area contributed by atoms with Crippen LogP contribution in [0.25, 0.3) is 11.0 Å². The molecule has 3 aromatic rings. The zero-order chi connectivity index (χ0) is 19.5. The van der Waals surface area contributed by atoms with Gasteiger partial charge in [0, 0.05) is 25.2 Å². The number of amides is 2. The van der Waals surface area contributed by atoms with E-state index in [-0.39, 0.29) is 11.8 Å². The van der Waals surface area contributed by atoms with Gasteiger partial charge in [-0.15, -0.1) is 5.10 Å². The van der Waals surface area contributed by atoms with E-state index in [1.807, 2.05) is 13.0 Å². The summed E-state index contributed by atoms with van der Waals surface area (Å²) in [4.78, 5) is 27.4. The zero-order valence-electron chi connectivity index (χ0n) is 15.6. The van der Waals surface area contributed by atoms with Crippen LogP contribution in [0, 0.1) is 0 Å². The number of carbonyl (C=O) groups excluding carboxylic acids is 2. The minimum atomic E-state index is -0.296. The fourth-order valence-corrected chi connectivity index (χ4v) is 3.26. The number of hydrogen-bond donors (Lipinski definition) is 1. The third-order valence-electron chi connectivity index (χ3n) is 4.78. The molecule has 0 spiro atoms. The third-order valence-corrected chi connectivity index (χ3v) is 4.78. The first-order chi connectivity index (χ1) is 13.7. The second-order valence-corrected chi connectivity index (χ2v) is 6.51. The number of nitrogens with zero attached hydrogens (tertiary/aromatic N) is 4. The average Bonchev–Trinajstić information content (AvgIpc) is 3.16. The molecule has 28 heavy (non-hydrogen) atoms. The number of morpholine rings is 1. The number of hydrogen-bond acceptors (Lipinski definition) is 5. The Bertz CT molecular complexity index is 1020. The number of para-hydroxylation sites is 1. The Kier molecular flexibility index (Phi) is 5.03. The maximum Gasteiger partial charge on any atom is 0.256 e. The van der Waals surface area contributed by atoms with E-state index < -0.39 is 0 Å². The molecule has 1 aliphatic heterocycles. The standard InChI is InChI=1S/C20H21N5O3/c1-2-25-18-8-7-14(13-17(18)22-23-25)19(26)21-16-6-4-3-5-15(16)20(27)24-9-11-28-12-10-24/h3-8,13H,2,9-12H2,1H3,(H,21,26). The summed E-state index contributed by atoms with van der Waals surface area (Å²) in [5.74, 6) is -0.407. The topological polar surface area (TPSA) is 89.3 Å². The molecule has 0 aliphatic carbocycles. The predicted octanol–water partition coefficient (Wildman–Crippen LogP) is 2.18. The summed E-state index contributed by atoms with van der Waals surface area (Å²) in [5.41, 5.74) is 2.95. The van der Waals surface area contributed by atoms with Crippen LogP contribution in [0.4, 0.5) is 5.69 Å². The van der Waals surface area contributed by atoms with Crippen LogP contribution in [0.1, 0.15) is 27.6 Å². The van der Waals surface area contributed by atoms with E-state index in [0.717, 1.165) is 5.52 Å². The number of fused-ring (bicyclic) bond motifs is 1. The molecule has 8 heteroatoms. The van der Waals surface area contributed by atoms with Gasteiger partial charge in [0.15, 0.2) is 0 Å². The lowest BCUT2D eigenvalue weighted by atomic mass is 10.1. The summed E-state index contributed by atoms with van der Waals surface area (Å²) in [7, 11) is 0. The Hall–Kier alpha value is -3.26. The Morgan fingerprint density at radius 2 is 1.93 bits per heavy atom. The molecule has 8 nitrogen and oxygen atoms in total. The SMILES string of the molecule is CCn1nnc2cc(C(=O)Nc3ccccc3C(=O)N3CCOCC3)ccc21. The quantitative estimate of drug-likeness (QED) is 0.750. The van der Waals surface area contributed by atoms with Crippen molar-refractivity contribution in [3.63, 3.8) is 0 Å². The van der Waals surface area contributed by atoms with E-state index in [0.29, 0.717) is 55.2 Å². The van der Waals surface area contributed by atoms with Gasteiger partial charge < -0.3 is 15.0 Å². The lowest BCUT2D eigenvalue weighted by Crippen LogP contribution is -2.41. The maximum atomic E-state index is 12.8. The molecule has 0 saturated carbocycles. The number of ether oxygens (including phenoxy) is 1. The molecule has 2 aromatic carbocycles. The molecule has 1 saturated heterocycles. The van der Waals surface area contributed by atoms with E-state index >= 15 is 0 Å². The van der Waals surface area contributed by atoms with E-state index in [4.69, 9.17) is 4.74 Å². The molecule has 0 bridgehead atoms. The van der Waals surface area contributed by atoms with Crippen LogP contribution in [0.15, 0.2) is 42.5 Å². The van der Waals surface area contributed by atoms with Crippen molar-refractivity contribution in [2.45, 2.75) is 13.5 Å². The van der Waals surface area contributed by atoms with Gasteiger partial charge in [-0.25, -0.2) is 4.68 Å². The normalized spacial score (nSPS) is 14.2. The van der Waals surface area contributed by atoms with Gasteiger partial charge >= 0.3 is 0 Å². The Morgan fingerprint density at radius 1 is 1.14 bits per heavy atom. The van der Waals surface area contributed by atoms with E-state index in [1.54, 1.807) is 46.0 Å². The van der Waals surface area contributed by atoms with Gasteiger partial charge in [-0.1, -0.05) is 17.3 Å². The molecule has 144 valence electrons. The van der Waals surface area contributed by atoms with Gasteiger partial charge in [0.25, 0.3) is 11.8 Å². The molecule has 2 amide bonds. The molecular formula is C20H21N5O3. The highest BCUT2D eigenvalue weighted by molar-refractivity contribution is 6.09. The van der Waals surface area contributed by atoms with Crippen molar-refractivity contribution in [2.24, 2.45) is 0 Å². The lowest BCUT2D eigenvalue weighted by Gasteiger charge is -2.27. The van der Waals surface area contributed by atoms with Crippen molar-refractivity contribution in [3.8, 4) is 0 Å². The Labute approximate surface area is 162 Å². The number of benzene rings is 2. The first kappa shape index (κ1) is 18.1. The predicted molar refractivity (Wildman–Crippen MR) is 104 cm³/mol. The van der Waals surface area contributed by atoms with Crippen LogP contribution in [-0.4, -0.2) is 58.0 Å². The number of nitrogens with one attached hydrogen (secondary N) is 1.